The minimum absolute atomic E-state index is 0.110. The van der Waals surface area contributed by atoms with Crippen LogP contribution < -0.4 is 9.80 Å². The van der Waals surface area contributed by atoms with Crippen molar-refractivity contribution in [3.05, 3.63) is 52.7 Å². The van der Waals surface area contributed by atoms with E-state index in [-0.39, 0.29) is 11.8 Å². The molecule has 0 amide bonds. The fraction of sp³-hybridized carbons (Fsp3) is 0.478. The minimum atomic E-state index is -2.64. The number of alkyl halides is 2. The molecule has 4 aliphatic rings. The molecule has 8 nitrogen and oxygen atoms in total. The van der Waals surface area contributed by atoms with E-state index in [4.69, 9.17) is 11.6 Å². The van der Waals surface area contributed by atoms with Crippen LogP contribution in [-0.4, -0.2) is 67.8 Å². The van der Waals surface area contributed by atoms with Crippen molar-refractivity contribution in [1.29, 1.82) is 0 Å². The van der Waals surface area contributed by atoms with E-state index in [9.17, 15) is 8.78 Å². The van der Waals surface area contributed by atoms with E-state index in [1.54, 1.807) is 11.1 Å². The van der Waals surface area contributed by atoms with E-state index in [1.807, 2.05) is 35.8 Å². The number of benzene rings is 1. The Morgan fingerprint density at radius 3 is 2.53 bits per heavy atom. The van der Waals surface area contributed by atoms with E-state index < -0.39 is 12.0 Å². The van der Waals surface area contributed by atoms with Gasteiger partial charge in [-0.2, -0.15) is 0 Å². The summed E-state index contributed by atoms with van der Waals surface area (Å²) in [5.41, 5.74) is 2.04. The molecule has 2 aromatic heterocycles. The second-order valence-electron chi connectivity index (χ2n) is 10.1. The topological polar surface area (TPSA) is 66.2 Å². The summed E-state index contributed by atoms with van der Waals surface area (Å²) in [5.74, 6) is 0.558. The maximum absolute atomic E-state index is 13.9. The Hall–Kier alpha value is -2.85. The third-order valence-corrected chi connectivity index (χ3v) is 7.66. The van der Waals surface area contributed by atoms with Crippen LogP contribution in [0.5, 0.6) is 0 Å². The summed E-state index contributed by atoms with van der Waals surface area (Å²) in [6.07, 6.45) is 1.69. The summed E-state index contributed by atoms with van der Waals surface area (Å²) in [5, 5.41) is 9.54. The maximum atomic E-state index is 13.9. The lowest BCUT2D eigenvalue weighted by Gasteiger charge is -2.60. The lowest BCUT2D eigenvalue weighted by atomic mass is 9.73. The average Bonchev–Trinajstić information content (AvgIpc) is 3.24. The molecule has 0 bridgehead atoms. The maximum Gasteiger partial charge on any atom is 0.265 e. The van der Waals surface area contributed by atoms with Gasteiger partial charge in [-0.1, -0.05) is 11.6 Å². The molecule has 7 rings (SSSR count). The molecule has 176 valence electrons. The monoisotopic (exact) mass is 484 g/mol. The van der Waals surface area contributed by atoms with Crippen LogP contribution in [0.15, 0.2) is 30.5 Å². The molecule has 0 N–H and O–H groups in total. The number of nitrogens with zero attached hydrogens (tertiary/aromatic N) is 8. The smallest absolute Gasteiger partial charge is 0.265 e. The number of hydrogen-bond acceptors (Lipinski definition) is 7. The van der Waals surface area contributed by atoms with Gasteiger partial charge in [0.05, 0.1) is 18.3 Å². The highest BCUT2D eigenvalue weighted by molar-refractivity contribution is 6.30. The lowest BCUT2D eigenvalue weighted by Crippen LogP contribution is -2.73. The molecule has 1 aliphatic carbocycles. The molecular formula is C23H23ClF2N8. The summed E-state index contributed by atoms with van der Waals surface area (Å²) in [6.45, 7) is 6.28. The van der Waals surface area contributed by atoms with Crippen LogP contribution in [-0.2, 0) is 13.1 Å². The molecular weight excluding hydrogens is 462 g/mol. The van der Waals surface area contributed by atoms with Gasteiger partial charge in [-0.15, -0.1) is 10.2 Å². The highest BCUT2D eigenvalue weighted by Gasteiger charge is 2.60. The van der Waals surface area contributed by atoms with E-state index in [2.05, 4.69) is 30.0 Å². The van der Waals surface area contributed by atoms with Crippen LogP contribution in [0.4, 0.5) is 20.5 Å². The van der Waals surface area contributed by atoms with Crippen molar-refractivity contribution < 1.29 is 8.78 Å². The van der Waals surface area contributed by atoms with Crippen LogP contribution >= 0.6 is 11.6 Å². The zero-order chi connectivity index (χ0) is 23.2. The van der Waals surface area contributed by atoms with Gasteiger partial charge in [-0.25, -0.2) is 18.7 Å². The zero-order valence-electron chi connectivity index (χ0n) is 18.6. The Bertz CT molecular complexity index is 1300. The van der Waals surface area contributed by atoms with Gasteiger partial charge in [0, 0.05) is 55.8 Å². The lowest BCUT2D eigenvalue weighted by molar-refractivity contribution is 0.0663. The van der Waals surface area contributed by atoms with Gasteiger partial charge < -0.3 is 9.80 Å². The SMILES string of the molecule is Cc1nccc(N2CC3(C2)CN(c2nnc4n2-c2ccc(Cl)cc2CN(C2CC2(F)F)C4)C3)n1. The van der Waals surface area contributed by atoms with Gasteiger partial charge in [0.2, 0.25) is 5.95 Å². The summed E-state index contributed by atoms with van der Waals surface area (Å²) in [6, 6.07) is 6.84. The van der Waals surface area contributed by atoms with Crippen molar-refractivity contribution in [2.24, 2.45) is 5.41 Å². The number of hydrogen-bond donors (Lipinski definition) is 0. The molecule has 3 aromatic rings. The Balaban J connectivity index is 1.15. The summed E-state index contributed by atoms with van der Waals surface area (Å²) >= 11 is 6.28. The molecule has 3 aliphatic heterocycles. The predicted octanol–water partition coefficient (Wildman–Crippen LogP) is 3.07. The quantitative estimate of drug-likeness (QED) is 0.566. The van der Waals surface area contributed by atoms with Crippen LogP contribution in [0.3, 0.4) is 0 Å². The summed E-state index contributed by atoms with van der Waals surface area (Å²) < 4.78 is 29.9. The molecule has 1 aromatic carbocycles. The second kappa shape index (κ2) is 6.85. The summed E-state index contributed by atoms with van der Waals surface area (Å²) in [4.78, 5) is 15.0. The number of halogens is 3. The third kappa shape index (κ3) is 3.11. The van der Waals surface area contributed by atoms with Gasteiger partial charge in [0.15, 0.2) is 5.82 Å². The van der Waals surface area contributed by atoms with Crippen molar-refractivity contribution in [3.8, 4) is 5.69 Å². The van der Waals surface area contributed by atoms with Gasteiger partial charge in [-0.05, 0) is 36.8 Å². The molecule has 5 heterocycles. The number of aromatic nitrogens is 5. The average molecular weight is 485 g/mol. The van der Waals surface area contributed by atoms with Crippen molar-refractivity contribution in [2.75, 3.05) is 36.0 Å². The first-order chi connectivity index (χ1) is 16.3. The first-order valence-corrected chi connectivity index (χ1v) is 11.8. The fourth-order valence-corrected chi connectivity index (χ4v) is 5.88. The molecule has 34 heavy (non-hydrogen) atoms. The Labute approximate surface area is 200 Å². The van der Waals surface area contributed by atoms with Crippen LogP contribution in [0.2, 0.25) is 5.02 Å². The van der Waals surface area contributed by atoms with E-state index >= 15 is 0 Å². The largest absolute Gasteiger partial charge is 0.355 e. The van der Waals surface area contributed by atoms with E-state index in [0.29, 0.717) is 23.9 Å². The van der Waals surface area contributed by atoms with E-state index in [1.165, 1.54) is 0 Å². The van der Waals surface area contributed by atoms with Crippen molar-refractivity contribution in [3.63, 3.8) is 0 Å². The van der Waals surface area contributed by atoms with Gasteiger partial charge in [-0.3, -0.25) is 9.47 Å². The minimum Gasteiger partial charge on any atom is -0.355 e. The van der Waals surface area contributed by atoms with Crippen LogP contribution in [0.25, 0.3) is 5.69 Å². The summed E-state index contributed by atoms with van der Waals surface area (Å²) in [7, 11) is 0. The second-order valence-corrected chi connectivity index (χ2v) is 10.5. The van der Waals surface area contributed by atoms with Gasteiger partial charge in [0.25, 0.3) is 5.92 Å². The molecule has 1 saturated carbocycles. The highest BCUT2D eigenvalue weighted by atomic mass is 35.5. The molecule has 3 fully saturated rings. The molecule has 11 heteroatoms. The first-order valence-electron chi connectivity index (χ1n) is 11.4. The number of rotatable bonds is 3. The van der Waals surface area contributed by atoms with Crippen LogP contribution in [0, 0.1) is 12.3 Å². The van der Waals surface area contributed by atoms with Crippen molar-refractivity contribution in [1.82, 2.24) is 29.6 Å². The molecule has 0 radical (unpaired) electrons. The van der Waals surface area contributed by atoms with Crippen LogP contribution in [0.1, 0.15) is 23.6 Å². The highest BCUT2D eigenvalue weighted by Crippen LogP contribution is 2.48. The number of anilines is 2. The third-order valence-electron chi connectivity index (χ3n) is 7.42. The Morgan fingerprint density at radius 1 is 1.03 bits per heavy atom. The standard InChI is InChI=1S/C23H23ClF2N8/c1-14-27-5-4-19(28-14)32-10-22(11-32)12-33(13-22)21-30-29-20-9-31(18-7-23(18,25)26)8-15-6-16(24)2-3-17(15)34(20)21/h2-6,18H,7-13H2,1H3. The van der Waals surface area contributed by atoms with Gasteiger partial charge >= 0.3 is 0 Å². The normalized spacial score (nSPS) is 24.2. The molecule has 1 spiro atoms. The van der Waals surface area contributed by atoms with Crippen molar-refractivity contribution >= 4 is 23.4 Å². The zero-order valence-corrected chi connectivity index (χ0v) is 19.4. The Morgan fingerprint density at radius 2 is 1.79 bits per heavy atom. The Kier molecular flexibility index (Phi) is 4.13. The molecule has 1 atom stereocenters. The number of fused-ring (bicyclic) bond motifs is 3. The number of aryl methyl sites for hydroxylation is 1. The fourth-order valence-electron chi connectivity index (χ4n) is 5.68. The van der Waals surface area contributed by atoms with E-state index in [0.717, 1.165) is 55.0 Å². The first kappa shape index (κ1) is 20.5. The predicted molar refractivity (Wildman–Crippen MR) is 123 cm³/mol. The van der Waals surface area contributed by atoms with Gasteiger partial charge in [0.1, 0.15) is 11.6 Å². The molecule has 2 saturated heterocycles. The van der Waals surface area contributed by atoms with Crippen molar-refractivity contribution in [2.45, 2.75) is 38.4 Å². The molecule has 1 unspecified atom stereocenters.